The molecule has 1 saturated heterocycles. The van der Waals surface area contributed by atoms with E-state index in [1.807, 2.05) is 0 Å². The van der Waals surface area contributed by atoms with E-state index in [2.05, 4.69) is 45.8 Å². The maximum Gasteiger partial charge on any atom is 0.261 e. The summed E-state index contributed by atoms with van der Waals surface area (Å²) in [7, 11) is -2.28. The summed E-state index contributed by atoms with van der Waals surface area (Å²) >= 11 is 1.76. The monoisotopic (exact) mass is 615 g/mol. The molecule has 2 heterocycles. The van der Waals surface area contributed by atoms with Gasteiger partial charge in [0.2, 0.25) is 0 Å². The van der Waals surface area contributed by atoms with E-state index < -0.39 is 10.0 Å². The predicted molar refractivity (Wildman–Crippen MR) is 168 cm³/mol. The fraction of sp³-hybridized carbons (Fsp3) is 0.310. The Bertz CT molecular complexity index is 1580. The normalized spacial score (nSPS) is 14.0. The second-order valence-corrected chi connectivity index (χ2v) is 12.5. The van der Waals surface area contributed by atoms with Gasteiger partial charge in [0.05, 0.1) is 22.2 Å². The number of fused-ring (bicyclic) bond motifs is 1. The maximum absolute atomic E-state index is 12.8. The number of sulfonamides is 1. The van der Waals surface area contributed by atoms with Gasteiger partial charge in [-0.05, 0) is 67.4 Å². The first-order chi connectivity index (χ1) is 19.2. The van der Waals surface area contributed by atoms with Crippen LogP contribution in [0.4, 0.5) is 10.8 Å². The lowest BCUT2D eigenvalue weighted by atomic mass is 10.1. The number of rotatable bonds is 9. The summed E-state index contributed by atoms with van der Waals surface area (Å²) in [6.07, 6.45) is 0. The van der Waals surface area contributed by atoms with Crippen LogP contribution in [-0.2, 0) is 10.0 Å². The van der Waals surface area contributed by atoms with Crippen molar-refractivity contribution in [3.8, 4) is 5.75 Å². The van der Waals surface area contributed by atoms with Crippen molar-refractivity contribution >= 4 is 60.7 Å². The lowest BCUT2D eigenvalue weighted by Crippen LogP contribution is -2.48. The largest absolute Gasteiger partial charge is 0.497 e. The van der Waals surface area contributed by atoms with Crippen LogP contribution >= 0.6 is 23.7 Å². The third-order valence-corrected chi connectivity index (χ3v) is 9.68. The van der Waals surface area contributed by atoms with E-state index in [4.69, 9.17) is 9.72 Å². The molecule has 0 radical (unpaired) electrons. The van der Waals surface area contributed by atoms with Crippen molar-refractivity contribution in [2.45, 2.75) is 18.7 Å². The van der Waals surface area contributed by atoms with Gasteiger partial charge in [0, 0.05) is 50.5 Å². The highest BCUT2D eigenvalue weighted by Gasteiger charge is 2.21. The van der Waals surface area contributed by atoms with Crippen LogP contribution in [0, 0.1) is 13.8 Å². The van der Waals surface area contributed by atoms with Gasteiger partial charge in [-0.25, -0.2) is 13.4 Å². The van der Waals surface area contributed by atoms with Gasteiger partial charge in [0.25, 0.3) is 15.9 Å². The van der Waals surface area contributed by atoms with E-state index in [9.17, 15) is 13.2 Å². The van der Waals surface area contributed by atoms with Crippen LogP contribution in [-0.4, -0.2) is 70.6 Å². The van der Waals surface area contributed by atoms with Gasteiger partial charge in [-0.2, -0.15) is 0 Å². The second-order valence-electron chi connectivity index (χ2n) is 9.82. The van der Waals surface area contributed by atoms with Crippen molar-refractivity contribution in [2.75, 3.05) is 56.0 Å². The highest BCUT2D eigenvalue weighted by Crippen LogP contribution is 2.33. The van der Waals surface area contributed by atoms with E-state index in [1.165, 1.54) is 41.1 Å². The molecule has 3 aromatic carbocycles. The molecule has 4 aromatic rings. The highest BCUT2D eigenvalue weighted by atomic mass is 35.5. The summed E-state index contributed by atoms with van der Waals surface area (Å²) in [4.78, 5) is 22.5. The first kappa shape index (κ1) is 30.6. The Kier molecular flexibility index (Phi) is 9.75. The zero-order valence-corrected chi connectivity index (χ0v) is 25.7. The minimum absolute atomic E-state index is 0. The summed E-state index contributed by atoms with van der Waals surface area (Å²) in [5.74, 6) is 0.321. The average molecular weight is 616 g/mol. The molecule has 1 fully saturated rings. The zero-order chi connectivity index (χ0) is 28.3. The summed E-state index contributed by atoms with van der Waals surface area (Å²) in [5.41, 5.74) is 4.28. The fourth-order valence-corrected chi connectivity index (χ4v) is 6.88. The number of thiazole rings is 1. The topological polar surface area (TPSA) is 104 Å². The first-order valence-electron chi connectivity index (χ1n) is 13.1. The van der Waals surface area contributed by atoms with Gasteiger partial charge in [-0.1, -0.05) is 29.5 Å². The molecule has 12 heteroatoms. The van der Waals surface area contributed by atoms with Crippen LogP contribution in [0.15, 0.2) is 65.6 Å². The second kappa shape index (κ2) is 13.1. The van der Waals surface area contributed by atoms with E-state index in [0.717, 1.165) is 43.4 Å². The van der Waals surface area contributed by atoms with Gasteiger partial charge >= 0.3 is 0 Å². The number of nitrogens with zero attached hydrogens (tertiary/aromatic N) is 3. The Morgan fingerprint density at radius 3 is 2.39 bits per heavy atom. The molecular weight excluding hydrogens is 582 g/mol. The van der Waals surface area contributed by atoms with Crippen molar-refractivity contribution in [2.24, 2.45) is 0 Å². The zero-order valence-electron chi connectivity index (χ0n) is 23.2. The summed E-state index contributed by atoms with van der Waals surface area (Å²) in [6, 6.07) is 16.9. The van der Waals surface area contributed by atoms with E-state index in [-0.39, 0.29) is 23.2 Å². The number of amides is 1. The van der Waals surface area contributed by atoms with E-state index in [0.29, 0.717) is 23.5 Å². The molecule has 0 bridgehead atoms. The first-order valence-corrected chi connectivity index (χ1v) is 15.4. The third-order valence-electron chi connectivity index (χ3n) is 7.03. The van der Waals surface area contributed by atoms with Crippen LogP contribution in [0.25, 0.3) is 10.2 Å². The Hall–Kier alpha value is -3.38. The van der Waals surface area contributed by atoms with E-state index in [1.54, 1.807) is 41.7 Å². The molecule has 9 nitrogen and oxygen atoms in total. The molecule has 1 aliphatic heterocycles. The third kappa shape index (κ3) is 7.10. The number of hydrogen-bond donors (Lipinski definition) is 2. The van der Waals surface area contributed by atoms with Crippen molar-refractivity contribution in [1.82, 2.24) is 15.2 Å². The number of aromatic nitrogens is 1. The molecule has 1 aliphatic rings. The molecule has 1 aromatic heterocycles. The Labute approximate surface area is 251 Å². The lowest BCUT2D eigenvalue weighted by Gasteiger charge is -2.34. The number of piperazine rings is 1. The van der Waals surface area contributed by atoms with Gasteiger partial charge in [-0.15, -0.1) is 12.4 Å². The van der Waals surface area contributed by atoms with Gasteiger partial charge in [0.15, 0.2) is 5.13 Å². The minimum atomic E-state index is -3.80. The number of carbonyl (C=O) groups is 1. The quantitative estimate of drug-likeness (QED) is 0.281. The number of aryl methyl sites for hydroxylation is 2. The van der Waals surface area contributed by atoms with Crippen molar-refractivity contribution in [3.05, 3.63) is 77.4 Å². The number of hydrogen-bond acceptors (Lipinski definition) is 8. The van der Waals surface area contributed by atoms with Gasteiger partial charge in [-0.3, -0.25) is 14.4 Å². The molecule has 5 rings (SSSR count). The molecule has 0 saturated carbocycles. The van der Waals surface area contributed by atoms with Crippen molar-refractivity contribution < 1.29 is 17.9 Å². The minimum Gasteiger partial charge on any atom is -0.497 e. The Balaban J connectivity index is 0.00000387. The number of carbonyl (C=O) groups excluding carboxylic acids is 1. The molecule has 0 unspecified atom stereocenters. The SMILES string of the molecule is COc1ccc(S(=O)(=O)Nc2cccc(C(=O)NCCN3CCN(c4nc5c(C)ccc(C)c5s4)CC3)c2)cc1.Cl. The van der Waals surface area contributed by atoms with E-state index >= 15 is 0 Å². The summed E-state index contributed by atoms with van der Waals surface area (Å²) < 4.78 is 34.4. The highest BCUT2D eigenvalue weighted by molar-refractivity contribution is 7.92. The molecule has 0 atom stereocenters. The van der Waals surface area contributed by atoms with Gasteiger partial charge in [0.1, 0.15) is 5.75 Å². The molecule has 41 heavy (non-hydrogen) atoms. The smallest absolute Gasteiger partial charge is 0.261 e. The number of anilines is 2. The average Bonchev–Trinajstić information content (AvgIpc) is 3.42. The lowest BCUT2D eigenvalue weighted by molar-refractivity contribution is 0.0948. The van der Waals surface area contributed by atoms with Crippen LogP contribution in [0.5, 0.6) is 5.75 Å². The molecule has 2 N–H and O–H groups in total. The Morgan fingerprint density at radius 1 is 1.00 bits per heavy atom. The van der Waals surface area contributed by atoms with Crippen LogP contribution in [0.2, 0.25) is 0 Å². The Morgan fingerprint density at radius 2 is 1.71 bits per heavy atom. The fourth-order valence-electron chi connectivity index (χ4n) is 4.67. The summed E-state index contributed by atoms with van der Waals surface area (Å²) in [6.45, 7) is 9.05. The standard InChI is InChI=1S/C29H33N5O4S2.ClH/c1-20-7-8-21(2)27-26(20)31-29(39-27)34-17-15-33(16-18-34)14-13-30-28(35)22-5-4-6-23(19-22)32-40(36,37)25-11-9-24(38-3)10-12-25;/h4-12,19,32H,13-18H2,1-3H3,(H,30,35);1H. The van der Waals surface area contributed by atoms with Gasteiger partial charge < -0.3 is 15.0 Å². The molecule has 1 amide bonds. The van der Waals surface area contributed by atoms with Crippen LogP contribution < -0.4 is 19.7 Å². The van der Waals surface area contributed by atoms with Crippen LogP contribution in [0.3, 0.4) is 0 Å². The molecular formula is C29H34ClN5O4S2. The summed E-state index contributed by atoms with van der Waals surface area (Å²) in [5, 5.41) is 4.03. The number of benzene rings is 3. The molecule has 218 valence electrons. The number of halogens is 1. The number of nitrogens with one attached hydrogen (secondary N) is 2. The number of ether oxygens (including phenoxy) is 1. The van der Waals surface area contributed by atoms with Crippen LogP contribution in [0.1, 0.15) is 21.5 Å². The van der Waals surface area contributed by atoms with Crippen molar-refractivity contribution in [1.29, 1.82) is 0 Å². The molecule has 0 spiro atoms. The predicted octanol–water partition coefficient (Wildman–Crippen LogP) is 4.70. The van der Waals surface area contributed by atoms with Crippen molar-refractivity contribution in [3.63, 3.8) is 0 Å². The number of methoxy groups -OCH3 is 1. The maximum atomic E-state index is 12.8. The molecule has 0 aliphatic carbocycles.